The molecule has 18 rings (SSSR count). The van der Waals surface area contributed by atoms with Crippen LogP contribution in [-0.4, -0.2) is 134 Å². The Balaban J connectivity index is 0.000000134. The lowest BCUT2D eigenvalue weighted by Gasteiger charge is -2.39. The number of rotatable bonds is 20. The minimum atomic E-state index is -0.433. The van der Waals surface area contributed by atoms with E-state index >= 15 is 0 Å². The van der Waals surface area contributed by atoms with Gasteiger partial charge in [-0.2, -0.15) is 20.4 Å². The maximum atomic E-state index is 10.2. The number of fused-ring (bicyclic) bond motifs is 10. The number of aliphatic hydroxyl groups is 4. The Labute approximate surface area is 885 Å². The van der Waals surface area contributed by atoms with E-state index in [9.17, 15) is 25.5 Å². The molecule has 22 nitrogen and oxygen atoms in total. The van der Waals surface area contributed by atoms with Crippen LogP contribution in [0.1, 0.15) is 132 Å². The number of aryl methyl sites for hydroxylation is 2. The number of ether oxygens (including phenoxy) is 1. The van der Waals surface area contributed by atoms with Crippen LogP contribution in [0.5, 0.6) is 5.75 Å². The van der Waals surface area contributed by atoms with Gasteiger partial charge in [-0.3, -0.25) is 15.2 Å². The standard InChI is InChI=1S/C21H20I2N4O.C21H23I2N3O.C20H19Br2N3O.C20H21Cl2N3O.C19H19I2N3O2/c1-11(22)20(28)14(23)7-8-15-12-5-3-4-6-13(12)18-16(25-15)9-10-17-19(18)21(24-2)27-26-17;1-4-6-7-13-10-19(14-8-16(22)21(27)17(23)9-14)24-11-15(13)20-12(3)25-26-18(20)5-2;1-3-5-12(4-2)19(13-9-16(21)20(26)17(22)10-13)24-15-6-7-18-14(8-15)11-23-25-18;1-11(21)20(26)15(22)6-7-16-12-4-2-3-5-13(12)19-14-10-23-25-17(14)8-9-18(19)24-16;1-10(20)19(25)14(21)2-3-15-13-9-26-7-6-11(13)18-12-8-22-24-16(12)4-5-17(18)23-15/h7-10,15,17,19,25-26,28H,1,3-6H2;5,8-11,16,21,27H,2,4,6-7H2,1,3H3,(H,25,26);4,6-11,26H,3,5H2,1-2H3,(H,23,25);6-10,14,16-17,24-26H,1-5H2;2-5,8,12,15-16,23-25H,1,6-7,9H2/b8-7+,20-14-;;12-4+,24-19?;7-6+,20-15-;3-2+,19-14-. The highest BCUT2D eigenvalue weighted by Crippen LogP contribution is 2.48. The summed E-state index contributed by atoms with van der Waals surface area (Å²) in [6, 6.07) is 12.7. The number of pyridine rings is 1. The van der Waals surface area contributed by atoms with Gasteiger partial charge in [0.1, 0.15) is 17.3 Å². The highest BCUT2D eigenvalue weighted by atomic mass is 127. The van der Waals surface area contributed by atoms with Crippen molar-refractivity contribution in [2.24, 2.45) is 38.1 Å². The molecule has 692 valence electrons. The molecule has 13 N–H and O–H groups in total. The largest absolute Gasteiger partial charge is 0.506 e. The number of hydrogen-bond acceptors (Lipinski definition) is 19. The predicted octanol–water partition coefficient (Wildman–Crippen LogP) is 25.8. The van der Waals surface area contributed by atoms with Crippen molar-refractivity contribution in [2.45, 2.75) is 164 Å². The quantitative estimate of drug-likeness (QED) is 0.00861. The molecule has 133 heavy (non-hydrogen) atoms. The summed E-state index contributed by atoms with van der Waals surface area (Å²) in [6.45, 7) is 32.3. The van der Waals surface area contributed by atoms with E-state index < -0.39 is 6.10 Å². The molecule has 2 aromatic carbocycles. The van der Waals surface area contributed by atoms with Crippen LogP contribution in [0.4, 0.5) is 5.69 Å². The number of aromatic hydroxyl groups is 1. The number of allylic oxidation sites excluding steroid dienone is 18. The number of H-pyrrole nitrogens is 2. The summed E-state index contributed by atoms with van der Waals surface area (Å²) in [6.07, 6.45) is 55.2. The maximum Gasteiger partial charge on any atom is 0.280 e. The van der Waals surface area contributed by atoms with Gasteiger partial charge in [0.25, 0.3) is 5.84 Å². The predicted molar refractivity (Wildman–Crippen MR) is 600 cm³/mol. The molecular weight excluding hydrogens is 2530 g/mol. The summed E-state index contributed by atoms with van der Waals surface area (Å²) in [7, 11) is 0. The van der Waals surface area contributed by atoms with E-state index in [1.54, 1.807) is 18.3 Å². The fourth-order valence-corrected chi connectivity index (χ4v) is 24.7. The van der Waals surface area contributed by atoms with Crippen LogP contribution < -0.4 is 32.2 Å². The van der Waals surface area contributed by atoms with E-state index in [4.69, 9.17) is 44.5 Å². The van der Waals surface area contributed by atoms with Crippen molar-refractivity contribution in [2.75, 3.05) is 13.2 Å². The van der Waals surface area contributed by atoms with Crippen LogP contribution in [0.3, 0.4) is 0 Å². The molecule has 6 aliphatic carbocycles. The third-order valence-corrected chi connectivity index (χ3v) is 31.3. The van der Waals surface area contributed by atoms with E-state index in [2.05, 4.69) is 302 Å². The molecule has 0 saturated heterocycles. The Kier molecular flexibility index (Phi) is 35.7. The van der Waals surface area contributed by atoms with Crippen molar-refractivity contribution in [3.8, 4) is 16.9 Å². The fourth-order valence-electron chi connectivity index (χ4n) is 18.3. The van der Waals surface area contributed by atoms with Gasteiger partial charge in [0.2, 0.25) is 0 Å². The van der Waals surface area contributed by atoms with Gasteiger partial charge in [-0.1, -0.05) is 154 Å². The number of nitrogens with zero attached hydrogens (tertiary/aromatic N) is 8. The molecule has 7 aliphatic heterocycles. The van der Waals surface area contributed by atoms with Crippen molar-refractivity contribution < 1.29 is 30.3 Å². The van der Waals surface area contributed by atoms with E-state index in [0.29, 0.717) is 34.5 Å². The first-order valence-corrected chi connectivity index (χ1v) is 53.0. The summed E-state index contributed by atoms with van der Waals surface area (Å²) in [4.78, 5) is 13.4. The van der Waals surface area contributed by atoms with E-state index in [-0.39, 0.29) is 85.1 Å². The van der Waals surface area contributed by atoms with Gasteiger partial charge in [-0.25, -0.2) is 10.4 Å². The number of unbranched alkanes of at least 4 members (excludes halogenated alkanes) is 1. The zero-order valence-corrected chi connectivity index (χ0v) is 91.1. The highest BCUT2D eigenvalue weighted by molar-refractivity contribution is 14.1. The molecule has 32 heteroatoms. The van der Waals surface area contributed by atoms with E-state index in [0.717, 1.165) is 155 Å². The number of phenols is 1. The second kappa shape index (κ2) is 46.8. The third-order valence-electron chi connectivity index (χ3n) is 24.8. The van der Waals surface area contributed by atoms with E-state index in [1.165, 1.54) is 92.7 Å². The third kappa shape index (κ3) is 23.4. The Morgan fingerprint density at radius 3 is 1.87 bits per heavy atom. The molecule has 0 spiro atoms. The number of benzene rings is 2. The first-order valence-electron chi connectivity index (χ1n) is 44.0. The van der Waals surface area contributed by atoms with Crippen LogP contribution in [0.2, 0.25) is 0 Å². The molecule has 11 atom stereocenters. The summed E-state index contributed by atoms with van der Waals surface area (Å²) >= 11 is 31.5. The number of halogens is 10. The van der Waals surface area contributed by atoms with Gasteiger partial charge in [0.15, 0.2) is 5.76 Å². The van der Waals surface area contributed by atoms with Crippen LogP contribution >= 0.6 is 191 Å². The zero-order chi connectivity index (χ0) is 94.6. The molecule has 0 amide bonds. The summed E-state index contributed by atoms with van der Waals surface area (Å²) in [5.74, 6) is 1.58. The normalized spacial score (nSPS) is 24.5. The Hall–Kier alpha value is -7.44. The van der Waals surface area contributed by atoms with Crippen LogP contribution in [-0.2, 0) is 11.2 Å². The highest BCUT2D eigenvalue weighted by Gasteiger charge is 2.45. The number of hydrogen-bond donors (Lipinski definition) is 13. The molecule has 11 unspecified atom stereocenters. The Morgan fingerprint density at radius 1 is 0.722 bits per heavy atom. The van der Waals surface area contributed by atoms with Crippen LogP contribution in [0.25, 0.3) is 38.5 Å². The summed E-state index contributed by atoms with van der Waals surface area (Å²) < 4.78 is 10.8. The zero-order valence-electron chi connectivity index (χ0n) is 73.5. The molecule has 0 fully saturated rings. The fraction of sp³-hybridized carbons (Fsp3) is 0.307. The number of alkyl halides is 1. The first kappa shape index (κ1) is 101. The van der Waals surface area contributed by atoms with Gasteiger partial charge < -0.3 is 61.9 Å². The van der Waals surface area contributed by atoms with Crippen LogP contribution in [0, 0.1) is 31.2 Å². The lowest BCUT2D eigenvalue weighted by Crippen LogP contribution is -2.42. The number of aliphatic hydroxyl groups excluding tert-OH is 4. The first-order chi connectivity index (χ1) is 64.1. The number of phenolic OH excluding ortho intramolecular Hbond substituents is 1. The van der Waals surface area contributed by atoms with Crippen molar-refractivity contribution in [1.29, 1.82) is 0 Å². The lowest BCUT2D eigenvalue weighted by molar-refractivity contribution is 0.141. The number of dihydropyridines is 3. The van der Waals surface area contributed by atoms with E-state index in [1.807, 2.05) is 132 Å². The monoisotopic (exact) mass is 2620 g/mol. The average molecular weight is 2630 g/mol. The van der Waals surface area contributed by atoms with Gasteiger partial charge >= 0.3 is 0 Å². The molecule has 5 aromatic rings. The van der Waals surface area contributed by atoms with Crippen molar-refractivity contribution >= 4 is 243 Å². The van der Waals surface area contributed by atoms with Gasteiger partial charge in [-0.15, -0.1) is 0 Å². The Morgan fingerprint density at radius 2 is 1.30 bits per heavy atom. The summed E-state index contributed by atoms with van der Waals surface area (Å²) in [5, 5.41) is 89.7. The topological polar surface area (TPSA) is 307 Å². The SMILES string of the molecule is C/C=C(\CCC)C(=Nc1ccc2[nH]ncc2c1)c1cc(Br)c(O)c(Br)c1.C=C(Cl)/C(O)=C(Cl)\C=C\C1NC2=C(C3=C1CCCC3)C1C=NNC1C=C2.C=C(I)/C(O)=C(I)\C=C\C1NC2=C(C3=C1COCC3)C1C=NNC1C=C2.C=Cc1n[nH]c(C)c1-c1cnc(C2=CC(I)C(O)C(I)=C2)cc1CCCC.[C-]#[N+]C1=NNC2C=CC3=C(C4=C(CCCC4)C(/C=C/C(I)=C(/O)C(=C)I)N3)C12. The second-order valence-corrected chi connectivity index (χ2v) is 43.5. The minimum Gasteiger partial charge on any atom is -0.506 e. The molecule has 3 aromatic heterocycles. The second-order valence-electron chi connectivity index (χ2n) is 33.3. The number of nitrogens with one attached hydrogen (secondary N) is 8. The minimum absolute atomic E-state index is 0.00412. The molecule has 0 saturated carbocycles. The lowest BCUT2D eigenvalue weighted by atomic mass is 9.72. The molecule has 0 bridgehead atoms. The van der Waals surface area contributed by atoms with Gasteiger partial charge in [-0.05, 0) is 393 Å². The van der Waals surface area contributed by atoms with Crippen LogP contribution in [0.15, 0.2) is 314 Å². The average Bonchev–Trinajstić information content (AvgIpc) is 1.57. The molecule has 10 heterocycles. The molecular formula is C101H102Br2Cl2I6N16O6. The summed E-state index contributed by atoms with van der Waals surface area (Å²) in [5.41, 5.74) is 37.4. The number of aliphatic imine (C=N–C) groups is 1. The number of amidine groups is 1. The number of aromatic nitrogens is 5. The van der Waals surface area contributed by atoms with Crippen molar-refractivity contribution in [3.63, 3.8) is 0 Å². The maximum absolute atomic E-state index is 10.2. The van der Waals surface area contributed by atoms with Crippen molar-refractivity contribution in [3.05, 3.63) is 333 Å². The van der Waals surface area contributed by atoms with Gasteiger partial charge in [0.05, 0.1) is 126 Å². The molecule has 0 radical (unpaired) electrons. The molecule has 13 aliphatic rings. The van der Waals surface area contributed by atoms with Gasteiger partial charge in [0, 0.05) is 86.1 Å². The smallest absolute Gasteiger partial charge is 0.280 e. The number of hydrazone groups is 3. The Bertz CT molecular complexity index is 6130. The number of aromatic amines is 2. The van der Waals surface area contributed by atoms with Crippen molar-refractivity contribution in [1.82, 2.24) is 57.6 Å².